The largest absolute Gasteiger partial charge is 0.478 e. The maximum absolute atomic E-state index is 12.6. The molecule has 2 aliphatic rings. The van der Waals surface area contributed by atoms with Gasteiger partial charge in [0, 0.05) is 30.0 Å². The fourth-order valence-corrected chi connectivity index (χ4v) is 4.90. The van der Waals surface area contributed by atoms with Crippen LogP contribution in [0.25, 0.3) is 11.1 Å². The first-order chi connectivity index (χ1) is 16.4. The van der Waals surface area contributed by atoms with E-state index in [0.717, 1.165) is 30.4 Å². The molecule has 2 aromatic rings. The lowest BCUT2D eigenvalue weighted by Gasteiger charge is -2.28. The summed E-state index contributed by atoms with van der Waals surface area (Å²) in [6.45, 7) is 1.92. The summed E-state index contributed by atoms with van der Waals surface area (Å²) in [6.07, 6.45) is 3.93. The second-order valence-electron chi connectivity index (χ2n) is 8.97. The summed E-state index contributed by atoms with van der Waals surface area (Å²) in [5.41, 5.74) is 4.89. The summed E-state index contributed by atoms with van der Waals surface area (Å²) in [5, 5.41) is 14.6. The van der Waals surface area contributed by atoms with E-state index in [9.17, 15) is 14.4 Å². The Bertz CT molecular complexity index is 1060. The molecule has 0 unspecified atom stereocenters. The van der Waals surface area contributed by atoms with Crippen LogP contribution in [0.2, 0.25) is 0 Å². The van der Waals surface area contributed by atoms with Gasteiger partial charge in [0.15, 0.2) is 0 Å². The molecule has 1 fully saturated rings. The number of carbonyl (C=O) groups is 3. The van der Waals surface area contributed by atoms with Crippen molar-refractivity contribution in [3.8, 4) is 11.1 Å². The Hall–Kier alpha value is -3.61. The van der Waals surface area contributed by atoms with Crippen molar-refractivity contribution in [2.45, 2.75) is 44.6 Å². The first kappa shape index (κ1) is 23.5. The van der Waals surface area contributed by atoms with Crippen molar-refractivity contribution in [3.05, 3.63) is 71.3 Å². The molecule has 0 bridgehead atoms. The van der Waals surface area contributed by atoms with Crippen LogP contribution in [0.1, 0.15) is 49.7 Å². The number of amides is 2. The molecule has 2 atom stereocenters. The number of ether oxygens (including phenoxy) is 1. The van der Waals surface area contributed by atoms with Gasteiger partial charge in [-0.1, -0.05) is 61.0 Å². The normalized spacial score (nSPS) is 19.6. The molecule has 2 aromatic carbocycles. The van der Waals surface area contributed by atoms with E-state index in [1.54, 1.807) is 0 Å². The number of carboxylic acid groups (broad SMARTS) is 1. The fraction of sp³-hybridized carbons (Fsp3) is 0.370. The van der Waals surface area contributed by atoms with Crippen molar-refractivity contribution in [3.63, 3.8) is 0 Å². The second kappa shape index (κ2) is 10.5. The van der Waals surface area contributed by atoms with Gasteiger partial charge in [-0.15, -0.1) is 0 Å². The molecule has 4 rings (SSSR count). The molecule has 0 aromatic heterocycles. The summed E-state index contributed by atoms with van der Waals surface area (Å²) in [7, 11) is 0. The van der Waals surface area contributed by atoms with E-state index in [1.165, 1.54) is 24.1 Å². The predicted molar refractivity (Wildman–Crippen MR) is 128 cm³/mol. The quantitative estimate of drug-likeness (QED) is 0.534. The van der Waals surface area contributed by atoms with Crippen LogP contribution in [0, 0.1) is 5.92 Å². The van der Waals surface area contributed by atoms with Crippen LogP contribution >= 0.6 is 0 Å². The zero-order valence-electron chi connectivity index (χ0n) is 19.3. The Morgan fingerprint density at radius 2 is 1.68 bits per heavy atom. The standard InChI is InChI=1S/C27H30N2O5/c1-17(26(31)32)13-14-28-25(30)18-7-6-8-19(15-18)29-27(33)34-16-24-22-11-4-2-9-20(22)21-10-3-5-12-23(21)24/h2-5,9-13,18-19,24H,6-8,14-16H2,1H3,(H,28,30)(H,29,33)(H,31,32)/b17-13+/t18-,19+/m0/s1. The minimum absolute atomic E-state index is 0.00495. The van der Waals surface area contributed by atoms with Crippen LogP contribution in [-0.4, -0.2) is 42.3 Å². The number of benzene rings is 2. The van der Waals surface area contributed by atoms with Gasteiger partial charge in [-0.3, -0.25) is 4.79 Å². The van der Waals surface area contributed by atoms with Gasteiger partial charge in [-0.2, -0.15) is 0 Å². The highest BCUT2D eigenvalue weighted by molar-refractivity contribution is 5.86. The topological polar surface area (TPSA) is 105 Å². The average molecular weight is 463 g/mol. The molecule has 0 saturated heterocycles. The SMILES string of the molecule is C/C(=C\CNC(=O)[C@H]1CCC[C@@H](NC(=O)OCC2c3ccccc3-c3ccccc32)C1)C(=O)O. The van der Waals surface area contributed by atoms with Crippen molar-refractivity contribution in [1.29, 1.82) is 0 Å². The molecule has 0 spiro atoms. The lowest BCUT2D eigenvalue weighted by atomic mass is 9.85. The smallest absolute Gasteiger partial charge is 0.407 e. The molecule has 2 amide bonds. The van der Waals surface area contributed by atoms with Gasteiger partial charge in [0.2, 0.25) is 5.91 Å². The summed E-state index contributed by atoms with van der Waals surface area (Å²) in [5.74, 6) is -1.33. The van der Waals surface area contributed by atoms with Crippen molar-refractivity contribution in [2.24, 2.45) is 5.92 Å². The Kier molecular flexibility index (Phi) is 7.30. The van der Waals surface area contributed by atoms with Crippen molar-refractivity contribution in [2.75, 3.05) is 13.2 Å². The summed E-state index contributed by atoms with van der Waals surface area (Å²) < 4.78 is 5.64. The number of fused-ring (bicyclic) bond motifs is 3. The molecule has 7 heteroatoms. The summed E-state index contributed by atoms with van der Waals surface area (Å²) in [6, 6.07) is 16.3. The number of hydrogen-bond donors (Lipinski definition) is 3. The molecule has 34 heavy (non-hydrogen) atoms. The van der Waals surface area contributed by atoms with E-state index in [4.69, 9.17) is 9.84 Å². The van der Waals surface area contributed by atoms with Crippen molar-refractivity contribution in [1.82, 2.24) is 10.6 Å². The molecule has 2 aliphatic carbocycles. The highest BCUT2D eigenvalue weighted by Gasteiger charge is 2.31. The lowest BCUT2D eigenvalue weighted by molar-refractivity contribution is -0.132. The molecular formula is C27H30N2O5. The molecule has 178 valence electrons. The number of carbonyl (C=O) groups excluding carboxylic acids is 2. The molecular weight excluding hydrogens is 432 g/mol. The molecule has 7 nitrogen and oxygen atoms in total. The first-order valence-corrected chi connectivity index (χ1v) is 11.7. The number of hydrogen-bond acceptors (Lipinski definition) is 4. The Labute approximate surface area is 199 Å². The third-order valence-electron chi connectivity index (χ3n) is 6.73. The second-order valence-corrected chi connectivity index (χ2v) is 8.97. The van der Waals surface area contributed by atoms with Gasteiger partial charge >= 0.3 is 12.1 Å². The van der Waals surface area contributed by atoms with E-state index >= 15 is 0 Å². The summed E-state index contributed by atoms with van der Waals surface area (Å²) in [4.78, 5) is 35.9. The van der Waals surface area contributed by atoms with Gasteiger partial charge in [0.1, 0.15) is 6.61 Å². The fourth-order valence-electron chi connectivity index (χ4n) is 4.90. The van der Waals surface area contributed by atoms with Crippen LogP contribution in [0.5, 0.6) is 0 Å². The number of rotatable bonds is 7. The van der Waals surface area contributed by atoms with Crippen LogP contribution in [0.15, 0.2) is 60.2 Å². The maximum atomic E-state index is 12.6. The van der Waals surface area contributed by atoms with Gasteiger partial charge in [0.25, 0.3) is 0 Å². The van der Waals surface area contributed by atoms with Crippen LogP contribution < -0.4 is 10.6 Å². The number of aliphatic carboxylic acids is 1. The molecule has 0 aliphatic heterocycles. The number of nitrogens with one attached hydrogen (secondary N) is 2. The summed E-state index contributed by atoms with van der Waals surface area (Å²) >= 11 is 0. The Morgan fingerprint density at radius 1 is 1.03 bits per heavy atom. The minimum Gasteiger partial charge on any atom is -0.478 e. The van der Waals surface area contributed by atoms with Gasteiger partial charge in [0.05, 0.1) is 0 Å². The average Bonchev–Trinajstić information content (AvgIpc) is 3.16. The first-order valence-electron chi connectivity index (χ1n) is 11.7. The third-order valence-corrected chi connectivity index (χ3v) is 6.73. The minimum atomic E-state index is -1.00. The Morgan fingerprint density at radius 3 is 2.32 bits per heavy atom. The monoisotopic (exact) mass is 462 g/mol. The van der Waals surface area contributed by atoms with E-state index in [-0.39, 0.29) is 42.5 Å². The lowest BCUT2D eigenvalue weighted by Crippen LogP contribution is -2.43. The van der Waals surface area contributed by atoms with Crippen molar-refractivity contribution >= 4 is 18.0 Å². The molecule has 0 heterocycles. The number of alkyl carbamates (subject to hydrolysis) is 1. The van der Waals surface area contributed by atoms with Crippen molar-refractivity contribution < 1.29 is 24.2 Å². The van der Waals surface area contributed by atoms with Gasteiger partial charge < -0.3 is 20.5 Å². The molecule has 3 N–H and O–H groups in total. The zero-order valence-corrected chi connectivity index (χ0v) is 19.3. The third kappa shape index (κ3) is 5.30. The highest BCUT2D eigenvalue weighted by atomic mass is 16.5. The highest BCUT2D eigenvalue weighted by Crippen LogP contribution is 2.44. The van der Waals surface area contributed by atoms with Crippen LogP contribution in [0.3, 0.4) is 0 Å². The predicted octanol–water partition coefficient (Wildman–Crippen LogP) is 4.23. The van der Waals surface area contributed by atoms with E-state index < -0.39 is 12.1 Å². The van der Waals surface area contributed by atoms with Crippen LogP contribution in [0.4, 0.5) is 4.79 Å². The van der Waals surface area contributed by atoms with Gasteiger partial charge in [-0.05, 0) is 48.4 Å². The maximum Gasteiger partial charge on any atom is 0.407 e. The van der Waals surface area contributed by atoms with E-state index in [0.29, 0.717) is 6.42 Å². The molecule has 0 radical (unpaired) electrons. The zero-order chi connectivity index (χ0) is 24.1. The van der Waals surface area contributed by atoms with E-state index in [2.05, 4.69) is 34.9 Å². The molecule has 1 saturated carbocycles. The van der Waals surface area contributed by atoms with E-state index in [1.807, 2.05) is 24.3 Å². The Balaban J connectivity index is 1.29. The number of carboxylic acids is 1. The van der Waals surface area contributed by atoms with Gasteiger partial charge in [-0.25, -0.2) is 9.59 Å². The van der Waals surface area contributed by atoms with Crippen LogP contribution in [-0.2, 0) is 14.3 Å².